The monoisotopic (exact) mass is 338 g/mol. The third-order valence-corrected chi connectivity index (χ3v) is 4.74. The van der Waals surface area contributed by atoms with Crippen LogP contribution in [-0.2, 0) is 10.0 Å². The van der Waals surface area contributed by atoms with Gasteiger partial charge in [0, 0.05) is 6.04 Å². The summed E-state index contributed by atoms with van der Waals surface area (Å²) in [6.45, 7) is 0. The lowest BCUT2D eigenvalue weighted by Gasteiger charge is -2.32. The summed E-state index contributed by atoms with van der Waals surface area (Å²) in [6.07, 6.45) is 5.09. The van der Waals surface area contributed by atoms with Crippen molar-refractivity contribution in [2.45, 2.75) is 31.7 Å². The van der Waals surface area contributed by atoms with Gasteiger partial charge in [-0.3, -0.25) is 0 Å². The van der Waals surface area contributed by atoms with E-state index < -0.39 is 10.0 Å². The number of nitrogens with one attached hydrogen (secondary N) is 1. The average Bonchev–Trinajstić information content (AvgIpc) is 2.34. The van der Waals surface area contributed by atoms with Gasteiger partial charge < -0.3 is 5.32 Å². The van der Waals surface area contributed by atoms with E-state index >= 15 is 0 Å². The summed E-state index contributed by atoms with van der Waals surface area (Å²) < 4.78 is 22.6. The smallest absolute Gasteiger partial charge is 0.224 e. The third kappa shape index (κ3) is 4.44. The molecule has 1 saturated carbocycles. The Hall–Kier alpha value is -0.630. The van der Waals surface area contributed by atoms with Gasteiger partial charge in [0.2, 0.25) is 15.3 Å². The quantitative estimate of drug-likeness (QED) is 0.818. The molecule has 2 rings (SSSR count). The number of rotatable bonds is 4. The molecule has 0 bridgehead atoms. The van der Waals surface area contributed by atoms with Crippen LogP contribution >= 0.6 is 23.2 Å². The Balaban J connectivity index is 2.14. The van der Waals surface area contributed by atoms with Crippen molar-refractivity contribution in [2.24, 2.45) is 11.1 Å². The molecule has 1 aromatic rings. The second kappa shape index (κ2) is 6.43. The highest BCUT2D eigenvalue weighted by Crippen LogP contribution is 2.30. The molecule has 0 spiro atoms. The molecular weight excluding hydrogens is 323 g/mol. The van der Waals surface area contributed by atoms with Crippen molar-refractivity contribution in [3.05, 3.63) is 16.5 Å². The third-order valence-electron chi connectivity index (χ3n) is 3.39. The van der Waals surface area contributed by atoms with Crippen molar-refractivity contribution in [3.63, 3.8) is 0 Å². The first kappa shape index (κ1) is 15.8. The molecule has 112 valence electrons. The van der Waals surface area contributed by atoms with E-state index in [1.54, 1.807) is 0 Å². The van der Waals surface area contributed by atoms with Gasteiger partial charge in [0.15, 0.2) is 0 Å². The Morgan fingerprint density at radius 1 is 1.35 bits per heavy atom. The standard InChI is InChI=1S/C11H16Cl2N4O2S/c12-8-5-15-11(13)17-10(8)16-9-4-2-1-3-7(9)6-20(14,18)19/h5,7,9H,1-4,6H2,(H2,14,18,19)(H,15,16,17)/t7-,9+/m0/s1. The Morgan fingerprint density at radius 3 is 2.75 bits per heavy atom. The van der Waals surface area contributed by atoms with Gasteiger partial charge in [0.1, 0.15) is 10.8 Å². The Morgan fingerprint density at radius 2 is 2.05 bits per heavy atom. The maximum absolute atomic E-state index is 11.3. The number of sulfonamides is 1. The first-order valence-electron chi connectivity index (χ1n) is 6.30. The molecule has 1 aromatic heterocycles. The lowest BCUT2D eigenvalue weighted by molar-refractivity contribution is 0.349. The summed E-state index contributed by atoms with van der Waals surface area (Å²) in [5.74, 6) is 0.336. The van der Waals surface area contributed by atoms with Gasteiger partial charge in [-0.1, -0.05) is 24.4 Å². The number of aromatic nitrogens is 2. The highest BCUT2D eigenvalue weighted by molar-refractivity contribution is 7.89. The molecule has 3 N–H and O–H groups in total. The second-order valence-corrected chi connectivity index (χ2v) is 7.36. The number of anilines is 1. The Labute approximate surface area is 128 Å². The fraction of sp³-hybridized carbons (Fsp3) is 0.636. The van der Waals surface area contributed by atoms with Crippen LogP contribution in [0, 0.1) is 5.92 Å². The minimum atomic E-state index is -3.50. The van der Waals surface area contributed by atoms with Gasteiger partial charge in [0.05, 0.1) is 11.9 Å². The molecule has 0 radical (unpaired) electrons. The molecule has 9 heteroatoms. The van der Waals surface area contributed by atoms with Gasteiger partial charge in [-0.2, -0.15) is 4.98 Å². The molecule has 1 heterocycles. The van der Waals surface area contributed by atoms with Crippen LogP contribution < -0.4 is 10.5 Å². The second-order valence-electron chi connectivity index (χ2n) is 4.96. The molecule has 6 nitrogen and oxygen atoms in total. The number of primary sulfonamides is 1. The predicted octanol–water partition coefficient (Wildman–Crippen LogP) is 2.04. The average molecular weight is 339 g/mol. The molecule has 0 amide bonds. The van der Waals surface area contributed by atoms with Crippen molar-refractivity contribution >= 4 is 39.0 Å². The van der Waals surface area contributed by atoms with Crippen LogP contribution in [0.15, 0.2) is 6.20 Å². The van der Waals surface area contributed by atoms with E-state index in [1.165, 1.54) is 6.20 Å². The first-order valence-corrected chi connectivity index (χ1v) is 8.77. The molecule has 1 aliphatic carbocycles. The van der Waals surface area contributed by atoms with Crippen molar-refractivity contribution in [1.82, 2.24) is 9.97 Å². The van der Waals surface area contributed by atoms with Crippen molar-refractivity contribution < 1.29 is 8.42 Å². The van der Waals surface area contributed by atoms with Crippen LogP contribution in [0.5, 0.6) is 0 Å². The van der Waals surface area contributed by atoms with Gasteiger partial charge >= 0.3 is 0 Å². The predicted molar refractivity (Wildman–Crippen MR) is 79.4 cm³/mol. The van der Waals surface area contributed by atoms with Gasteiger partial charge in [-0.05, 0) is 30.4 Å². The summed E-state index contributed by atoms with van der Waals surface area (Å²) in [4.78, 5) is 7.81. The zero-order valence-corrected chi connectivity index (χ0v) is 13.0. The van der Waals surface area contributed by atoms with E-state index in [4.69, 9.17) is 28.3 Å². The molecule has 0 aromatic carbocycles. The maximum Gasteiger partial charge on any atom is 0.224 e. The maximum atomic E-state index is 11.3. The lowest BCUT2D eigenvalue weighted by Crippen LogP contribution is -2.38. The molecular formula is C11H16Cl2N4O2S. The summed E-state index contributed by atoms with van der Waals surface area (Å²) in [5.41, 5.74) is 0. The zero-order valence-electron chi connectivity index (χ0n) is 10.7. The van der Waals surface area contributed by atoms with Crippen LogP contribution in [0.3, 0.4) is 0 Å². The summed E-state index contributed by atoms with van der Waals surface area (Å²) in [5, 5.41) is 8.77. The number of hydrogen-bond acceptors (Lipinski definition) is 5. The minimum Gasteiger partial charge on any atom is -0.366 e. The van der Waals surface area contributed by atoms with Crippen LogP contribution in [0.25, 0.3) is 0 Å². The van der Waals surface area contributed by atoms with E-state index in [-0.39, 0.29) is 23.0 Å². The molecule has 2 atom stereocenters. The van der Waals surface area contributed by atoms with E-state index in [0.29, 0.717) is 10.8 Å². The molecule has 1 fully saturated rings. The first-order chi connectivity index (χ1) is 9.35. The minimum absolute atomic E-state index is 0.0365. The number of hydrogen-bond donors (Lipinski definition) is 2. The Bertz CT molecular complexity index is 582. The van der Waals surface area contributed by atoms with Gasteiger partial charge in [0.25, 0.3) is 0 Å². The SMILES string of the molecule is NS(=O)(=O)C[C@@H]1CCCC[C@H]1Nc1nc(Cl)ncc1Cl. The molecule has 0 unspecified atom stereocenters. The summed E-state index contributed by atoms with van der Waals surface area (Å²) in [6, 6.07) is -0.0365. The molecule has 20 heavy (non-hydrogen) atoms. The van der Waals surface area contributed by atoms with E-state index in [0.717, 1.165) is 25.7 Å². The van der Waals surface area contributed by atoms with Crippen molar-refractivity contribution in [3.8, 4) is 0 Å². The normalized spacial score (nSPS) is 23.6. The van der Waals surface area contributed by atoms with Crippen LogP contribution in [0.2, 0.25) is 10.3 Å². The summed E-state index contributed by atoms with van der Waals surface area (Å²) in [7, 11) is -3.50. The Kier molecular flexibility index (Phi) is 5.06. The molecule has 0 aliphatic heterocycles. The fourth-order valence-electron chi connectivity index (χ4n) is 2.52. The van der Waals surface area contributed by atoms with Crippen LogP contribution in [0.1, 0.15) is 25.7 Å². The molecule has 0 saturated heterocycles. The number of halogens is 2. The zero-order chi connectivity index (χ0) is 14.8. The van der Waals surface area contributed by atoms with Crippen LogP contribution in [0.4, 0.5) is 5.82 Å². The van der Waals surface area contributed by atoms with Gasteiger partial charge in [-0.15, -0.1) is 0 Å². The highest BCUT2D eigenvalue weighted by atomic mass is 35.5. The van der Waals surface area contributed by atoms with Crippen molar-refractivity contribution in [2.75, 3.05) is 11.1 Å². The van der Waals surface area contributed by atoms with Crippen LogP contribution in [-0.4, -0.2) is 30.2 Å². The largest absolute Gasteiger partial charge is 0.366 e. The fourth-order valence-corrected chi connectivity index (χ4v) is 3.79. The lowest BCUT2D eigenvalue weighted by atomic mass is 9.86. The van der Waals surface area contributed by atoms with Crippen molar-refractivity contribution in [1.29, 1.82) is 0 Å². The van der Waals surface area contributed by atoms with E-state index in [9.17, 15) is 8.42 Å². The summed E-state index contributed by atoms with van der Waals surface area (Å²) >= 11 is 11.7. The van der Waals surface area contributed by atoms with E-state index in [1.807, 2.05) is 0 Å². The highest BCUT2D eigenvalue weighted by Gasteiger charge is 2.29. The molecule has 1 aliphatic rings. The topological polar surface area (TPSA) is 98.0 Å². The van der Waals surface area contributed by atoms with E-state index in [2.05, 4.69) is 15.3 Å². The number of nitrogens with two attached hydrogens (primary N) is 1. The van der Waals surface area contributed by atoms with Gasteiger partial charge in [-0.25, -0.2) is 18.5 Å². The number of nitrogens with zero attached hydrogens (tertiary/aromatic N) is 2.